The van der Waals surface area contributed by atoms with Gasteiger partial charge in [0.1, 0.15) is 0 Å². The van der Waals surface area contributed by atoms with Crippen LogP contribution in [0.1, 0.15) is 0 Å². The molecule has 0 N–H and O–H groups in total. The summed E-state index contributed by atoms with van der Waals surface area (Å²) in [7, 11) is 0. The molecule has 0 saturated carbocycles. The first-order chi connectivity index (χ1) is 30.7. The normalized spacial score (nSPS) is 11.2. The van der Waals surface area contributed by atoms with E-state index in [1.54, 1.807) is 0 Å². The molecule has 5 heteroatoms. The van der Waals surface area contributed by atoms with Crippen molar-refractivity contribution in [3.8, 4) is 90.3 Å². The van der Waals surface area contributed by atoms with Crippen LogP contribution in [0.4, 0.5) is 0 Å². The van der Waals surface area contributed by atoms with Gasteiger partial charge in [-0.2, -0.15) is 0 Å². The van der Waals surface area contributed by atoms with E-state index < -0.39 is 0 Å². The zero-order chi connectivity index (χ0) is 41.2. The van der Waals surface area contributed by atoms with E-state index >= 15 is 0 Å². The fraction of sp³-hybridized carbons (Fsp3) is 0. The Balaban J connectivity index is 1.02. The summed E-state index contributed by atoms with van der Waals surface area (Å²) in [5.41, 5.74) is 11.9. The lowest BCUT2D eigenvalue weighted by Crippen LogP contribution is -2.01. The van der Waals surface area contributed by atoms with Crippen molar-refractivity contribution in [2.24, 2.45) is 0 Å². The Bertz CT molecular complexity index is 3310. The standard InChI is InChI=1S/C57H37N5/c1-3-16-38(17-4-1)42-24-12-28-46(35-42)54-58-52(41-20-5-2-6-21-41)37-53(59-54)45-27-11-25-43(34-45)44-26-13-29-47(36-44)55-60-56(50-32-14-22-39-18-7-9-30-48(39)50)62-57(61-55)51-33-15-23-40-19-8-10-31-49(40)51/h1-37H. The first-order valence-electron chi connectivity index (χ1n) is 20.7. The number of hydrogen-bond acceptors (Lipinski definition) is 5. The van der Waals surface area contributed by atoms with Gasteiger partial charge in [-0.15, -0.1) is 0 Å². The van der Waals surface area contributed by atoms with Crippen molar-refractivity contribution >= 4 is 21.5 Å². The van der Waals surface area contributed by atoms with E-state index in [2.05, 4.69) is 200 Å². The molecule has 0 atom stereocenters. The summed E-state index contributed by atoms with van der Waals surface area (Å²) >= 11 is 0. The van der Waals surface area contributed by atoms with Gasteiger partial charge in [0.15, 0.2) is 23.3 Å². The topological polar surface area (TPSA) is 64.5 Å². The lowest BCUT2D eigenvalue weighted by atomic mass is 9.98. The molecule has 9 aromatic carbocycles. The van der Waals surface area contributed by atoms with Gasteiger partial charge in [-0.05, 0) is 68.1 Å². The average molecular weight is 792 g/mol. The highest BCUT2D eigenvalue weighted by Gasteiger charge is 2.17. The molecule has 0 radical (unpaired) electrons. The van der Waals surface area contributed by atoms with Crippen molar-refractivity contribution in [1.82, 2.24) is 24.9 Å². The first kappa shape index (κ1) is 36.7. The molecule has 62 heavy (non-hydrogen) atoms. The maximum atomic E-state index is 5.22. The highest BCUT2D eigenvalue weighted by Crippen LogP contribution is 2.35. The largest absolute Gasteiger partial charge is 0.228 e. The number of aromatic nitrogens is 5. The van der Waals surface area contributed by atoms with E-state index in [1.165, 1.54) is 0 Å². The van der Waals surface area contributed by atoms with Gasteiger partial charge in [0.25, 0.3) is 0 Å². The third kappa shape index (κ3) is 7.18. The Morgan fingerprint density at radius 3 is 1.13 bits per heavy atom. The Morgan fingerprint density at radius 1 is 0.210 bits per heavy atom. The van der Waals surface area contributed by atoms with Crippen LogP contribution in [-0.4, -0.2) is 24.9 Å². The predicted molar refractivity (Wildman–Crippen MR) is 254 cm³/mol. The molecule has 11 aromatic rings. The van der Waals surface area contributed by atoms with E-state index in [0.29, 0.717) is 23.3 Å². The summed E-state index contributed by atoms with van der Waals surface area (Å²) in [4.78, 5) is 25.9. The van der Waals surface area contributed by atoms with E-state index in [-0.39, 0.29) is 0 Å². The minimum absolute atomic E-state index is 0.606. The van der Waals surface area contributed by atoms with Crippen LogP contribution < -0.4 is 0 Å². The van der Waals surface area contributed by atoms with Crippen LogP contribution in [0.2, 0.25) is 0 Å². The smallest absolute Gasteiger partial charge is 0.164 e. The van der Waals surface area contributed by atoms with Crippen molar-refractivity contribution in [2.75, 3.05) is 0 Å². The molecule has 0 amide bonds. The molecular weight excluding hydrogens is 755 g/mol. The highest BCUT2D eigenvalue weighted by molar-refractivity contribution is 5.97. The molecule has 0 aliphatic heterocycles. The fourth-order valence-corrected chi connectivity index (χ4v) is 8.23. The molecule has 0 spiro atoms. The molecule has 5 nitrogen and oxygen atoms in total. The van der Waals surface area contributed by atoms with Crippen molar-refractivity contribution in [2.45, 2.75) is 0 Å². The number of hydrogen-bond donors (Lipinski definition) is 0. The van der Waals surface area contributed by atoms with Crippen molar-refractivity contribution in [3.05, 3.63) is 224 Å². The van der Waals surface area contributed by atoms with E-state index in [0.717, 1.165) is 88.6 Å². The molecule has 0 aliphatic rings. The minimum Gasteiger partial charge on any atom is -0.228 e. The van der Waals surface area contributed by atoms with Gasteiger partial charge in [0.2, 0.25) is 0 Å². The van der Waals surface area contributed by atoms with Gasteiger partial charge >= 0.3 is 0 Å². The molecule has 0 aliphatic carbocycles. The third-order valence-electron chi connectivity index (χ3n) is 11.3. The van der Waals surface area contributed by atoms with Crippen LogP contribution in [0, 0.1) is 0 Å². The monoisotopic (exact) mass is 791 g/mol. The third-order valence-corrected chi connectivity index (χ3v) is 11.3. The van der Waals surface area contributed by atoms with Crippen molar-refractivity contribution < 1.29 is 0 Å². The number of benzene rings is 9. The number of fused-ring (bicyclic) bond motifs is 2. The molecule has 2 aromatic heterocycles. The molecule has 0 saturated heterocycles. The number of nitrogens with zero attached hydrogens (tertiary/aromatic N) is 5. The Morgan fingerprint density at radius 2 is 0.565 bits per heavy atom. The van der Waals surface area contributed by atoms with Crippen molar-refractivity contribution in [1.29, 1.82) is 0 Å². The second-order valence-corrected chi connectivity index (χ2v) is 15.3. The molecule has 11 rings (SSSR count). The fourth-order valence-electron chi connectivity index (χ4n) is 8.23. The second-order valence-electron chi connectivity index (χ2n) is 15.3. The Hall–Kier alpha value is -8.41. The van der Waals surface area contributed by atoms with Crippen LogP contribution in [0.3, 0.4) is 0 Å². The van der Waals surface area contributed by atoms with Gasteiger partial charge in [-0.3, -0.25) is 0 Å². The molecule has 0 unspecified atom stereocenters. The average Bonchev–Trinajstić information content (AvgIpc) is 3.36. The first-order valence-corrected chi connectivity index (χ1v) is 20.7. The van der Waals surface area contributed by atoms with Crippen LogP contribution in [0.25, 0.3) is 112 Å². The summed E-state index contributed by atoms with van der Waals surface area (Å²) in [6.45, 7) is 0. The highest BCUT2D eigenvalue weighted by atomic mass is 15.0. The van der Waals surface area contributed by atoms with Crippen LogP contribution in [0.15, 0.2) is 224 Å². The maximum absolute atomic E-state index is 5.22. The molecule has 290 valence electrons. The van der Waals surface area contributed by atoms with Gasteiger partial charge in [-0.1, -0.05) is 200 Å². The summed E-state index contributed by atoms with van der Waals surface area (Å²) < 4.78 is 0. The molecule has 2 heterocycles. The SMILES string of the molecule is c1ccc(-c2cccc(-c3nc(-c4ccccc4)cc(-c4cccc(-c5cccc(-c6nc(-c7cccc8ccccc78)nc(-c7cccc8ccccc78)n6)c5)c4)n3)c2)cc1. The van der Waals surface area contributed by atoms with Crippen LogP contribution in [-0.2, 0) is 0 Å². The van der Waals surface area contributed by atoms with E-state index in [1.807, 2.05) is 24.3 Å². The second kappa shape index (κ2) is 16.0. The summed E-state index contributed by atoms with van der Waals surface area (Å²) in [5, 5.41) is 4.45. The zero-order valence-electron chi connectivity index (χ0n) is 33.6. The lowest BCUT2D eigenvalue weighted by Gasteiger charge is -2.13. The predicted octanol–water partition coefficient (Wildman–Crippen LogP) is 14.3. The molecule has 0 fully saturated rings. The van der Waals surface area contributed by atoms with E-state index in [4.69, 9.17) is 24.9 Å². The quantitative estimate of drug-likeness (QED) is 0.153. The summed E-state index contributed by atoms with van der Waals surface area (Å²) in [5.74, 6) is 2.54. The van der Waals surface area contributed by atoms with Crippen LogP contribution in [0.5, 0.6) is 0 Å². The minimum atomic E-state index is 0.606. The van der Waals surface area contributed by atoms with Gasteiger partial charge < -0.3 is 0 Å². The maximum Gasteiger partial charge on any atom is 0.164 e. The van der Waals surface area contributed by atoms with Crippen molar-refractivity contribution in [3.63, 3.8) is 0 Å². The molecular formula is C57H37N5. The molecule has 0 bridgehead atoms. The summed E-state index contributed by atoms with van der Waals surface area (Å²) in [6.07, 6.45) is 0. The Kier molecular flexibility index (Phi) is 9.45. The zero-order valence-corrected chi connectivity index (χ0v) is 33.6. The lowest BCUT2D eigenvalue weighted by molar-refractivity contribution is 1.08. The van der Waals surface area contributed by atoms with Gasteiger partial charge in [0, 0.05) is 33.4 Å². The number of rotatable bonds is 8. The Labute approximate surface area is 359 Å². The van der Waals surface area contributed by atoms with E-state index in [9.17, 15) is 0 Å². The van der Waals surface area contributed by atoms with Crippen LogP contribution >= 0.6 is 0 Å². The summed E-state index contributed by atoms with van der Waals surface area (Å²) in [6, 6.07) is 77.6. The van der Waals surface area contributed by atoms with Gasteiger partial charge in [0.05, 0.1) is 11.4 Å². The van der Waals surface area contributed by atoms with Gasteiger partial charge in [-0.25, -0.2) is 24.9 Å².